The summed E-state index contributed by atoms with van der Waals surface area (Å²) in [5.41, 5.74) is 0. The van der Waals surface area contributed by atoms with Gasteiger partial charge >= 0.3 is 13.8 Å². The topological polar surface area (TPSA) is 122 Å². The number of alkyl halides is 1. The Morgan fingerprint density at radius 2 is 2.22 bits per heavy atom. The van der Waals surface area contributed by atoms with Crippen molar-refractivity contribution >= 4 is 31.3 Å². The fourth-order valence-corrected chi connectivity index (χ4v) is 5.42. The van der Waals surface area contributed by atoms with Crippen molar-refractivity contribution in [1.29, 1.82) is 0 Å². The molecule has 0 aromatic heterocycles. The first kappa shape index (κ1) is 25.2. The number of ether oxygens (including phenoxy) is 3. The Morgan fingerprint density at radius 3 is 2.84 bits per heavy atom. The van der Waals surface area contributed by atoms with E-state index in [0.717, 1.165) is 0 Å². The summed E-state index contributed by atoms with van der Waals surface area (Å²) >= 11 is 6.77. The first-order valence-corrected chi connectivity index (χ1v) is 11.9. The number of amides is 1. The highest BCUT2D eigenvalue weighted by Crippen LogP contribution is 2.59. The molecule has 0 radical (unpaired) electrons. The second kappa shape index (κ2) is 9.80. The van der Waals surface area contributed by atoms with E-state index in [1.165, 1.54) is 19.4 Å². The summed E-state index contributed by atoms with van der Waals surface area (Å²) in [5, 5.41) is 2.57. The van der Waals surface area contributed by atoms with Crippen LogP contribution in [0.5, 0.6) is 0 Å². The second-order valence-corrected chi connectivity index (χ2v) is 10.4. The smallest absolute Gasteiger partial charge is 0.461 e. The van der Waals surface area contributed by atoms with Crippen LogP contribution in [-0.2, 0) is 41.9 Å². The summed E-state index contributed by atoms with van der Waals surface area (Å²) < 4.78 is 45.6. The maximum absolute atomic E-state index is 13.0. The summed E-state index contributed by atoms with van der Waals surface area (Å²) in [6.45, 7) is 8.70. The zero-order valence-electron chi connectivity index (χ0n) is 18.3. The molecule has 0 spiro atoms. The number of nitrogens with zero attached hydrogens (tertiary/aromatic N) is 1. The molecule has 180 valence electrons. The Hall–Kier alpha value is -1.46. The second-order valence-electron chi connectivity index (χ2n) is 7.94. The zero-order valence-corrected chi connectivity index (χ0v) is 20.0. The van der Waals surface area contributed by atoms with E-state index >= 15 is 0 Å². The van der Waals surface area contributed by atoms with E-state index in [0.29, 0.717) is 0 Å². The van der Waals surface area contributed by atoms with Gasteiger partial charge in [-0.1, -0.05) is 6.58 Å². The van der Waals surface area contributed by atoms with Gasteiger partial charge in [0.1, 0.15) is 22.9 Å². The van der Waals surface area contributed by atoms with E-state index in [9.17, 15) is 14.2 Å². The molecule has 6 atom stereocenters. The van der Waals surface area contributed by atoms with Crippen molar-refractivity contribution in [3.63, 3.8) is 0 Å². The maximum Gasteiger partial charge on any atom is 0.475 e. The third-order valence-corrected chi connectivity index (χ3v) is 6.92. The molecule has 0 unspecified atom stereocenters. The van der Waals surface area contributed by atoms with Crippen LogP contribution < -0.4 is 5.32 Å². The maximum atomic E-state index is 13.0. The number of carbonyl (C=O) groups excluding carboxylic acids is 2. The van der Waals surface area contributed by atoms with Crippen molar-refractivity contribution in [3.8, 4) is 0 Å². The lowest BCUT2D eigenvalue weighted by molar-refractivity contribution is -0.160. The molecule has 0 bridgehead atoms. The highest BCUT2D eigenvalue weighted by atomic mass is 35.5. The van der Waals surface area contributed by atoms with Gasteiger partial charge in [0.2, 0.25) is 0 Å². The first-order valence-electron chi connectivity index (χ1n) is 10.1. The Kier molecular flexibility index (Phi) is 7.71. The number of hydrogen-bond donors (Lipinski definition) is 1. The predicted molar refractivity (Wildman–Crippen MR) is 112 cm³/mol. The third-order valence-electron chi connectivity index (χ3n) is 5.07. The fraction of sp³-hybridized carbons (Fsp3) is 0.684. The normalized spacial score (nSPS) is 35.6. The minimum absolute atomic E-state index is 0.0831. The van der Waals surface area contributed by atoms with Crippen molar-refractivity contribution < 1.29 is 41.9 Å². The van der Waals surface area contributed by atoms with E-state index in [4.69, 9.17) is 39.4 Å². The third kappa shape index (κ3) is 5.36. The van der Waals surface area contributed by atoms with E-state index in [1.54, 1.807) is 25.7 Å². The predicted octanol–water partition coefficient (Wildman–Crippen LogP) is 2.02. The average Bonchev–Trinajstić information content (AvgIpc) is 2.95. The number of phosphoric acid groups is 1. The average molecular weight is 495 g/mol. The molecule has 13 heteroatoms. The van der Waals surface area contributed by atoms with Gasteiger partial charge < -0.3 is 24.4 Å². The van der Waals surface area contributed by atoms with Crippen LogP contribution in [0, 0.1) is 0 Å². The van der Waals surface area contributed by atoms with Gasteiger partial charge in [0.05, 0.1) is 19.3 Å². The van der Waals surface area contributed by atoms with Crippen LogP contribution in [0.3, 0.4) is 0 Å². The molecular formula is C19H28ClN2O9P. The number of halogens is 1. The molecule has 2 fully saturated rings. The molecule has 3 rings (SSSR count). The van der Waals surface area contributed by atoms with Crippen LogP contribution in [0.25, 0.3) is 0 Å². The summed E-state index contributed by atoms with van der Waals surface area (Å²) in [7, 11) is -2.61. The standard InChI is InChI=1S/C19H28ClN2O9P/c1-11(2)29-17(24)13(26-5)7-9-27-32(25)28-10-14-16(31-32)19(4,20)18(30-14)22-8-6-15(23)21-12(22)3/h6,8,11,13-14,16,18H,3,7,9-10H2,1-2,4-5H3,(H,21,23)/t13-,14-,16-,18-,19-,32+/m1/s1. The van der Waals surface area contributed by atoms with Crippen molar-refractivity contribution in [3.05, 3.63) is 24.7 Å². The van der Waals surface area contributed by atoms with Crippen LogP contribution in [0.4, 0.5) is 0 Å². The molecule has 0 aromatic rings. The number of esters is 1. The molecule has 2 saturated heterocycles. The van der Waals surface area contributed by atoms with Crippen molar-refractivity contribution in [2.45, 2.75) is 62.7 Å². The van der Waals surface area contributed by atoms with Gasteiger partial charge in [-0.15, -0.1) is 11.6 Å². The molecule has 3 aliphatic heterocycles. The largest absolute Gasteiger partial charge is 0.475 e. The van der Waals surface area contributed by atoms with Gasteiger partial charge in [-0.2, -0.15) is 0 Å². The van der Waals surface area contributed by atoms with Gasteiger partial charge in [-0.3, -0.25) is 18.4 Å². The molecule has 11 nitrogen and oxygen atoms in total. The van der Waals surface area contributed by atoms with E-state index in [-0.39, 0.29) is 37.5 Å². The highest BCUT2D eigenvalue weighted by molar-refractivity contribution is 7.48. The van der Waals surface area contributed by atoms with Crippen LogP contribution in [0.1, 0.15) is 27.2 Å². The monoisotopic (exact) mass is 494 g/mol. The van der Waals surface area contributed by atoms with Crippen molar-refractivity contribution in [2.24, 2.45) is 0 Å². The van der Waals surface area contributed by atoms with Crippen molar-refractivity contribution in [1.82, 2.24) is 10.2 Å². The fourth-order valence-electron chi connectivity index (χ4n) is 3.53. The lowest BCUT2D eigenvalue weighted by Crippen LogP contribution is -2.51. The summed E-state index contributed by atoms with van der Waals surface area (Å²) in [5.74, 6) is -0.577. The van der Waals surface area contributed by atoms with Gasteiger partial charge in [0.25, 0.3) is 5.91 Å². The Bertz CT molecular complexity index is 834. The van der Waals surface area contributed by atoms with E-state index in [2.05, 4.69) is 11.9 Å². The van der Waals surface area contributed by atoms with Crippen LogP contribution >= 0.6 is 19.4 Å². The molecule has 0 aromatic carbocycles. The molecule has 0 saturated carbocycles. The number of nitrogens with one attached hydrogen (secondary N) is 1. The summed E-state index contributed by atoms with van der Waals surface area (Å²) in [6.07, 6.45) is -0.513. The van der Waals surface area contributed by atoms with Crippen LogP contribution in [0.2, 0.25) is 0 Å². The van der Waals surface area contributed by atoms with Gasteiger partial charge in [-0.25, -0.2) is 9.36 Å². The van der Waals surface area contributed by atoms with Gasteiger partial charge in [0, 0.05) is 25.8 Å². The number of carbonyl (C=O) groups is 2. The minimum Gasteiger partial charge on any atom is -0.461 e. The lowest BCUT2D eigenvalue weighted by Gasteiger charge is -2.38. The Labute approximate surface area is 191 Å². The number of methoxy groups -OCH3 is 1. The molecular weight excluding hydrogens is 467 g/mol. The quantitative estimate of drug-likeness (QED) is 0.304. The highest BCUT2D eigenvalue weighted by Gasteiger charge is 2.61. The Balaban J connectivity index is 1.62. The molecule has 32 heavy (non-hydrogen) atoms. The van der Waals surface area contributed by atoms with E-state index < -0.39 is 43.2 Å². The lowest BCUT2D eigenvalue weighted by atomic mass is 10.0. The molecule has 0 aliphatic carbocycles. The Morgan fingerprint density at radius 1 is 1.50 bits per heavy atom. The minimum atomic E-state index is -3.98. The number of rotatable bonds is 8. The number of phosphoric ester groups is 1. The zero-order chi connectivity index (χ0) is 23.7. The van der Waals surface area contributed by atoms with Gasteiger partial charge in [0.15, 0.2) is 12.3 Å². The first-order chi connectivity index (χ1) is 15.0. The number of hydrogen-bond acceptors (Lipinski definition) is 10. The van der Waals surface area contributed by atoms with Crippen LogP contribution in [0.15, 0.2) is 24.7 Å². The molecule has 3 aliphatic rings. The molecule has 1 amide bonds. The molecule has 1 N–H and O–H groups in total. The van der Waals surface area contributed by atoms with Crippen LogP contribution in [-0.4, -0.2) is 72.6 Å². The SMILES string of the molecule is C=C1NC(=O)C=CN1[C@@H]1O[C@@H]2CO[P@](=O)(OCC[C@@H](OC)C(=O)OC(C)C)O[C@H]2[C@@]1(C)Cl. The van der Waals surface area contributed by atoms with Gasteiger partial charge in [-0.05, 0) is 20.8 Å². The molecule has 3 heterocycles. The summed E-state index contributed by atoms with van der Waals surface area (Å²) in [6, 6.07) is 0. The number of fused-ring (bicyclic) bond motifs is 1. The van der Waals surface area contributed by atoms with Crippen molar-refractivity contribution in [2.75, 3.05) is 20.3 Å². The van der Waals surface area contributed by atoms with E-state index in [1.807, 2.05) is 0 Å². The summed E-state index contributed by atoms with van der Waals surface area (Å²) in [4.78, 5) is 23.9.